The highest BCUT2D eigenvalue weighted by Crippen LogP contribution is 2.36. The number of hydrogen-bond acceptors (Lipinski definition) is 2. The number of ether oxygens (including phenoxy) is 2. The first kappa shape index (κ1) is 18.0. The van der Waals surface area contributed by atoms with E-state index in [1.807, 2.05) is 6.92 Å². The minimum absolute atomic E-state index is 0.0306. The molecule has 0 aromatic heterocycles. The van der Waals surface area contributed by atoms with Crippen molar-refractivity contribution in [1.82, 2.24) is 0 Å². The molecule has 1 aliphatic carbocycles. The van der Waals surface area contributed by atoms with E-state index in [0.717, 1.165) is 12.3 Å². The molecule has 4 heteroatoms. The van der Waals surface area contributed by atoms with Gasteiger partial charge in [0.15, 0.2) is 11.5 Å². The van der Waals surface area contributed by atoms with Crippen LogP contribution in [-0.4, -0.2) is 12.7 Å². The van der Waals surface area contributed by atoms with Crippen LogP contribution in [0.2, 0.25) is 0 Å². The first-order valence-electron chi connectivity index (χ1n) is 8.83. The molecule has 2 aliphatic rings. The maximum atomic E-state index is 13.7. The third kappa shape index (κ3) is 4.82. The molecule has 0 spiro atoms. The van der Waals surface area contributed by atoms with E-state index < -0.39 is 11.6 Å². The molecule has 0 bridgehead atoms. The Labute approximate surface area is 138 Å². The number of benzene rings is 1. The second-order valence-electron chi connectivity index (χ2n) is 6.63. The Hall–Kier alpha value is -1.32. The van der Waals surface area contributed by atoms with Gasteiger partial charge in [0.2, 0.25) is 11.6 Å². The summed E-state index contributed by atoms with van der Waals surface area (Å²) in [4.78, 5) is 0. The number of fused-ring (bicyclic) bond motifs is 1. The second-order valence-corrected chi connectivity index (χ2v) is 6.63. The maximum absolute atomic E-state index is 13.7. The summed E-state index contributed by atoms with van der Waals surface area (Å²) in [6.07, 6.45) is 8.86. The molecule has 1 saturated carbocycles. The lowest BCUT2D eigenvalue weighted by molar-refractivity contribution is 0.178. The molecule has 1 heterocycles. The van der Waals surface area contributed by atoms with E-state index in [1.165, 1.54) is 38.2 Å². The molecule has 1 fully saturated rings. The summed E-state index contributed by atoms with van der Waals surface area (Å²) in [5, 5.41) is 0. The molecule has 130 valence electrons. The maximum Gasteiger partial charge on any atom is 0.204 e. The Morgan fingerprint density at radius 2 is 1.78 bits per heavy atom. The van der Waals surface area contributed by atoms with Gasteiger partial charge < -0.3 is 9.47 Å². The first-order valence-corrected chi connectivity index (χ1v) is 8.83. The SMILES string of the molecule is CC1CCCCC1.CCOc1cc2c(c(F)c1F)OC(C)CC2. The van der Waals surface area contributed by atoms with Gasteiger partial charge in [-0.2, -0.15) is 8.78 Å². The number of halogens is 2. The highest BCUT2D eigenvalue weighted by Gasteiger charge is 2.25. The van der Waals surface area contributed by atoms with Gasteiger partial charge in [-0.1, -0.05) is 39.0 Å². The minimum Gasteiger partial charge on any atom is -0.491 e. The molecule has 3 rings (SSSR count). The zero-order chi connectivity index (χ0) is 16.8. The Morgan fingerprint density at radius 1 is 1.09 bits per heavy atom. The lowest BCUT2D eigenvalue weighted by Gasteiger charge is -2.24. The fraction of sp³-hybridized carbons (Fsp3) is 0.684. The zero-order valence-corrected chi connectivity index (χ0v) is 14.5. The van der Waals surface area contributed by atoms with Crippen molar-refractivity contribution in [2.45, 2.75) is 71.8 Å². The molecule has 0 radical (unpaired) electrons. The largest absolute Gasteiger partial charge is 0.491 e. The summed E-state index contributed by atoms with van der Waals surface area (Å²) in [6, 6.07) is 1.53. The van der Waals surface area contributed by atoms with Gasteiger partial charge in [0, 0.05) is 5.56 Å². The quantitative estimate of drug-likeness (QED) is 0.698. The van der Waals surface area contributed by atoms with Crippen molar-refractivity contribution in [3.05, 3.63) is 23.3 Å². The summed E-state index contributed by atoms with van der Waals surface area (Å²) < 4.78 is 37.5. The summed E-state index contributed by atoms with van der Waals surface area (Å²) >= 11 is 0. The highest BCUT2D eigenvalue weighted by atomic mass is 19.2. The molecule has 23 heavy (non-hydrogen) atoms. The van der Waals surface area contributed by atoms with Crippen molar-refractivity contribution in [1.29, 1.82) is 0 Å². The van der Waals surface area contributed by atoms with Crippen molar-refractivity contribution in [3.63, 3.8) is 0 Å². The lowest BCUT2D eigenvalue weighted by Crippen LogP contribution is -2.20. The van der Waals surface area contributed by atoms with Crippen molar-refractivity contribution in [2.24, 2.45) is 5.92 Å². The van der Waals surface area contributed by atoms with Crippen LogP contribution in [0.5, 0.6) is 11.5 Å². The van der Waals surface area contributed by atoms with Gasteiger partial charge in [-0.3, -0.25) is 0 Å². The summed E-state index contributed by atoms with van der Waals surface area (Å²) in [5.41, 5.74) is 0.681. The number of aryl methyl sites for hydroxylation is 1. The number of hydrogen-bond donors (Lipinski definition) is 0. The molecule has 0 saturated heterocycles. The third-order valence-electron chi connectivity index (χ3n) is 4.54. The molecule has 1 aromatic carbocycles. The third-order valence-corrected chi connectivity index (χ3v) is 4.54. The normalized spacial score (nSPS) is 20.8. The Kier molecular flexibility index (Phi) is 6.67. The van der Waals surface area contributed by atoms with E-state index >= 15 is 0 Å². The Morgan fingerprint density at radius 3 is 2.35 bits per heavy atom. The minimum atomic E-state index is -0.963. The van der Waals surface area contributed by atoms with E-state index in [9.17, 15) is 8.78 Å². The van der Waals surface area contributed by atoms with E-state index in [-0.39, 0.29) is 17.6 Å². The van der Waals surface area contributed by atoms with Crippen LogP contribution in [0.4, 0.5) is 8.78 Å². The smallest absolute Gasteiger partial charge is 0.204 e. The van der Waals surface area contributed by atoms with Crippen LogP contribution in [0, 0.1) is 17.6 Å². The van der Waals surface area contributed by atoms with Crippen LogP contribution in [0.25, 0.3) is 0 Å². The fourth-order valence-electron chi connectivity index (χ4n) is 3.14. The average molecular weight is 326 g/mol. The Balaban J connectivity index is 0.000000229. The van der Waals surface area contributed by atoms with Gasteiger partial charge in [0.1, 0.15) is 0 Å². The summed E-state index contributed by atoms with van der Waals surface area (Å²) in [5.74, 6) is -0.854. The van der Waals surface area contributed by atoms with E-state index in [2.05, 4.69) is 6.92 Å². The molecule has 1 atom stereocenters. The van der Waals surface area contributed by atoms with Crippen LogP contribution >= 0.6 is 0 Å². The van der Waals surface area contributed by atoms with Crippen LogP contribution < -0.4 is 9.47 Å². The fourth-order valence-corrected chi connectivity index (χ4v) is 3.14. The topological polar surface area (TPSA) is 18.5 Å². The van der Waals surface area contributed by atoms with E-state index in [1.54, 1.807) is 6.92 Å². The van der Waals surface area contributed by atoms with Gasteiger partial charge in [-0.25, -0.2) is 0 Å². The lowest BCUT2D eigenvalue weighted by atomic mass is 9.91. The van der Waals surface area contributed by atoms with Crippen molar-refractivity contribution < 1.29 is 18.3 Å². The zero-order valence-electron chi connectivity index (χ0n) is 14.5. The summed E-state index contributed by atoms with van der Waals surface area (Å²) in [6.45, 7) is 6.25. The predicted molar refractivity (Wildman–Crippen MR) is 88.2 cm³/mol. The molecule has 1 unspecified atom stereocenters. The standard InChI is InChI=1S/C12H14F2O2.C7H14/c1-3-15-9-6-8-5-4-7(2)16-12(8)11(14)10(9)13;1-7-5-3-2-4-6-7/h6-7H,3-5H2,1-2H3;7H,2-6H2,1H3. The number of rotatable bonds is 2. The molecule has 1 aromatic rings. The Bertz CT molecular complexity index is 511. The highest BCUT2D eigenvalue weighted by molar-refractivity contribution is 5.44. The van der Waals surface area contributed by atoms with Crippen molar-refractivity contribution in [3.8, 4) is 11.5 Å². The average Bonchev–Trinajstić information content (AvgIpc) is 2.55. The van der Waals surface area contributed by atoms with Gasteiger partial charge >= 0.3 is 0 Å². The molecule has 0 N–H and O–H groups in total. The van der Waals surface area contributed by atoms with Gasteiger partial charge in [-0.05, 0) is 38.7 Å². The van der Waals surface area contributed by atoms with Gasteiger partial charge in [0.05, 0.1) is 12.7 Å². The monoisotopic (exact) mass is 326 g/mol. The van der Waals surface area contributed by atoms with Gasteiger partial charge in [-0.15, -0.1) is 0 Å². The van der Waals surface area contributed by atoms with Crippen LogP contribution in [-0.2, 0) is 6.42 Å². The van der Waals surface area contributed by atoms with Gasteiger partial charge in [0.25, 0.3) is 0 Å². The first-order chi connectivity index (χ1) is 11.0. The summed E-state index contributed by atoms with van der Waals surface area (Å²) in [7, 11) is 0. The van der Waals surface area contributed by atoms with E-state index in [4.69, 9.17) is 9.47 Å². The molecule has 1 aliphatic heterocycles. The van der Waals surface area contributed by atoms with Crippen molar-refractivity contribution >= 4 is 0 Å². The van der Waals surface area contributed by atoms with Crippen molar-refractivity contribution in [2.75, 3.05) is 6.61 Å². The van der Waals surface area contributed by atoms with Crippen LogP contribution in [0.3, 0.4) is 0 Å². The van der Waals surface area contributed by atoms with E-state index in [0.29, 0.717) is 18.6 Å². The molecule has 0 amide bonds. The molecule has 2 nitrogen and oxygen atoms in total. The predicted octanol–water partition coefficient (Wildman–Crippen LogP) is 5.66. The van der Waals surface area contributed by atoms with Crippen LogP contribution in [0.1, 0.15) is 64.9 Å². The van der Waals surface area contributed by atoms with Crippen LogP contribution in [0.15, 0.2) is 6.07 Å². The molecular weight excluding hydrogens is 298 g/mol. The molecular formula is C19H28F2O2. The second kappa shape index (κ2) is 8.51.